The number of hydrogen-bond donors (Lipinski definition) is 3. The Bertz CT molecular complexity index is 1420. The van der Waals surface area contributed by atoms with E-state index in [1.807, 2.05) is 41.5 Å². The number of benzene rings is 4. The van der Waals surface area contributed by atoms with E-state index in [1.54, 1.807) is 0 Å². The number of rotatable bonds is 6. The molecule has 0 aliphatic heterocycles. The van der Waals surface area contributed by atoms with E-state index < -0.39 is 0 Å². The Hall–Kier alpha value is -3.72. The molecule has 38 heavy (non-hydrogen) atoms. The molecule has 3 N–H and O–H groups in total. The van der Waals surface area contributed by atoms with Crippen LogP contribution in [-0.2, 0) is 11.8 Å². The van der Waals surface area contributed by atoms with Gasteiger partial charge in [-0.05, 0) is 109 Å². The van der Waals surface area contributed by atoms with Crippen LogP contribution in [0.1, 0.15) is 81.0 Å². The predicted octanol–water partition coefficient (Wildman–Crippen LogP) is 8.35. The van der Waals surface area contributed by atoms with Crippen LogP contribution in [0.15, 0.2) is 60.7 Å². The summed E-state index contributed by atoms with van der Waals surface area (Å²) < 4.78 is 0. The van der Waals surface area contributed by atoms with Gasteiger partial charge in [0, 0.05) is 11.3 Å². The molecule has 0 fully saturated rings. The molecule has 1 unspecified atom stereocenters. The van der Waals surface area contributed by atoms with E-state index in [-0.39, 0.29) is 11.3 Å². The molecule has 0 spiro atoms. The van der Waals surface area contributed by atoms with E-state index in [0.717, 1.165) is 45.4 Å². The Kier molecular flexibility index (Phi) is 7.34. The maximum Gasteiger partial charge on any atom is 0.121 e. The normalized spacial score (nSPS) is 12.5. The molecule has 0 radical (unpaired) electrons. The minimum Gasteiger partial charge on any atom is -0.507 e. The number of hydrogen-bond acceptors (Lipinski definition) is 3. The molecule has 0 aliphatic carbocycles. The molecule has 0 amide bonds. The Morgan fingerprint density at radius 3 is 1.37 bits per heavy atom. The van der Waals surface area contributed by atoms with Crippen molar-refractivity contribution in [3.05, 3.63) is 122 Å². The van der Waals surface area contributed by atoms with Gasteiger partial charge in [0.2, 0.25) is 0 Å². The molecule has 3 nitrogen and oxygen atoms in total. The highest BCUT2D eigenvalue weighted by Crippen LogP contribution is 2.38. The van der Waals surface area contributed by atoms with Gasteiger partial charge < -0.3 is 15.3 Å². The first-order valence-electron chi connectivity index (χ1n) is 13.3. The monoisotopic (exact) mass is 508 g/mol. The minimum absolute atomic E-state index is 0.0895. The molecule has 3 heteroatoms. The fourth-order valence-electron chi connectivity index (χ4n) is 5.63. The van der Waals surface area contributed by atoms with E-state index in [9.17, 15) is 15.3 Å². The smallest absolute Gasteiger partial charge is 0.121 e. The summed E-state index contributed by atoms with van der Waals surface area (Å²) in [6.07, 6.45) is 0.782. The van der Waals surface area contributed by atoms with Crippen LogP contribution in [-0.4, -0.2) is 15.3 Å². The van der Waals surface area contributed by atoms with E-state index in [4.69, 9.17) is 0 Å². The lowest BCUT2D eigenvalue weighted by Crippen LogP contribution is -2.19. The van der Waals surface area contributed by atoms with Gasteiger partial charge in [-0.3, -0.25) is 0 Å². The second-order valence-corrected chi connectivity index (χ2v) is 11.5. The van der Waals surface area contributed by atoms with E-state index in [0.29, 0.717) is 17.2 Å². The van der Waals surface area contributed by atoms with Crippen LogP contribution in [0.3, 0.4) is 0 Å². The zero-order valence-electron chi connectivity index (χ0n) is 23.9. The van der Waals surface area contributed by atoms with Crippen molar-refractivity contribution >= 4 is 0 Å². The third-order valence-corrected chi connectivity index (χ3v) is 8.15. The molecule has 4 aromatic rings. The summed E-state index contributed by atoms with van der Waals surface area (Å²) in [6.45, 7) is 16.1. The highest BCUT2D eigenvalue weighted by molar-refractivity contribution is 5.50. The summed E-state index contributed by atoms with van der Waals surface area (Å²) in [5, 5.41) is 31.0. The van der Waals surface area contributed by atoms with E-state index in [1.165, 1.54) is 22.3 Å². The molecule has 4 rings (SSSR count). The lowest BCUT2D eigenvalue weighted by Gasteiger charge is -2.28. The first-order valence-corrected chi connectivity index (χ1v) is 13.3. The highest BCUT2D eigenvalue weighted by Gasteiger charge is 2.26. The molecule has 4 aromatic carbocycles. The van der Waals surface area contributed by atoms with Crippen molar-refractivity contribution in [1.82, 2.24) is 0 Å². The standard InChI is InChI=1S/C35H40O3/c1-20-13-26(14-21(2)32(20)36)19-31(28-15-22(3)33(37)23(4)16-28)27-9-11-29(12-10-27)35(7,8)30-17-24(5)34(38)25(6)18-30/h9-18,31,36-38H,19H2,1-8H3. The molecule has 0 aromatic heterocycles. The van der Waals surface area contributed by atoms with Gasteiger partial charge in [-0.1, -0.05) is 74.5 Å². The van der Waals surface area contributed by atoms with Crippen LogP contribution < -0.4 is 0 Å². The largest absolute Gasteiger partial charge is 0.507 e. The van der Waals surface area contributed by atoms with Crippen LogP contribution in [0, 0.1) is 41.5 Å². The van der Waals surface area contributed by atoms with Crippen molar-refractivity contribution in [3.8, 4) is 17.2 Å². The molecule has 0 saturated carbocycles. The van der Waals surface area contributed by atoms with Gasteiger partial charge >= 0.3 is 0 Å². The summed E-state index contributed by atoms with van der Waals surface area (Å²) >= 11 is 0. The maximum absolute atomic E-state index is 10.4. The van der Waals surface area contributed by atoms with Crippen molar-refractivity contribution in [2.75, 3.05) is 0 Å². The second kappa shape index (κ2) is 10.2. The molecule has 0 aliphatic rings. The molecular formula is C35H40O3. The predicted molar refractivity (Wildman–Crippen MR) is 157 cm³/mol. The summed E-state index contributed by atoms with van der Waals surface area (Å²) in [4.78, 5) is 0. The van der Waals surface area contributed by atoms with Crippen molar-refractivity contribution in [3.63, 3.8) is 0 Å². The topological polar surface area (TPSA) is 60.7 Å². The van der Waals surface area contributed by atoms with Gasteiger partial charge in [0.15, 0.2) is 0 Å². The molecule has 0 saturated heterocycles. The van der Waals surface area contributed by atoms with Gasteiger partial charge in [-0.25, -0.2) is 0 Å². The summed E-state index contributed by atoms with van der Waals surface area (Å²) in [5.74, 6) is 1.15. The first-order chi connectivity index (χ1) is 17.8. The van der Waals surface area contributed by atoms with Gasteiger partial charge in [-0.15, -0.1) is 0 Å². The minimum atomic E-state index is -0.228. The average Bonchev–Trinajstić information content (AvgIpc) is 2.87. The molecule has 0 heterocycles. The van der Waals surface area contributed by atoms with Crippen molar-refractivity contribution in [1.29, 1.82) is 0 Å². The van der Waals surface area contributed by atoms with Crippen molar-refractivity contribution < 1.29 is 15.3 Å². The van der Waals surface area contributed by atoms with Crippen LogP contribution in [0.2, 0.25) is 0 Å². The third kappa shape index (κ3) is 5.15. The van der Waals surface area contributed by atoms with Gasteiger partial charge in [-0.2, -0.15) is 0 Å². The Labute approximate surface area is 227 Å². The number of phenolic OH excluding ortho intramolecular Hbond substituents is 3. The summed E-state index contributed by atoms with van der Waals surface area (Å²) in [5.41, 5.74) is 11.0. The highest BCUT2D eigenvalue weighted by atomic mass is 16.3. The molecule has 198 valence electrons. The van der Waals surface area contributed by atoms with E-state index in [2.05, 4.69) is 74.5 Å². The van der Waals surface area contributed by atoms with E-state index >= 15 is 0 Å². The first kappa shape index (κ1) is 27.3. The Morgan fingerprint density at radius 1 is 0.526 bits per heavy atom. The van der Waals surface area contributed by atoms with Gasteiger partial charge in [0.05, 0.1) is 0 Å². The van der Waals surface area contributed by atoms with Crippen LogP contribution in [0.4, 0.5) is 0 Å². The van der Waals surface area contributed by atoms with Gasteiger partial charge in [0.25, 0.3) is 0 Å². The van der Waals surface area contributed by atoms with Crippen molar-refractivity contribution in [2.24, 2.45) is 0 Å². The Morgan fingerprint density at radius 2 is 0.921 bits per heavy atom. The number of phenols is 3. The average molecular weight is 509 g/mol. The lowest BCUT2D eigenvalue weighted by molar-refractivity contribution is 0.465. The van der Waals surface area contributed by atoms with Crippen molar-refractivity contribution in [2.45, 2.75) is 73.1 Å². The zero-order valence-corrected chi connectivity index (χ0v) is 23.9. The Balaban J connectivity index is 1.77. The zero-order chi connectivity index (χ0) is 27.9. The van der Waals surface area contributed by atoms with Crippen LogP contribution in [0.5, 0.6) is 17.2 Å². The lowest BCUT2D eigenvalue weighted by atomic mass is 9.76. The fourth-order valence-corrected chi connectivity index (χ4v) is 5.63. The number of aromatic hydroxyl groups is 3. The third-order valence-electron chi connectivity index (χ3n) is 8.15. The van der Waals surface area contributed by atoms with Crippen LogP contribution >= 0.6 is 0 Å². The summed E-state index contributed by atoms with van der Waals surface area (Å²) in [6, 6.07) is 21.4. The summed E-state index contributed by atoms with van der Waals surface area (Å²) in [7, 11) is 0. The molecule has 0 bridgehead atoms. The quantitative estimate of drug-likeness (QED) is 0.245. The second-order valence-electron chi connectivity index (χ2n) is 11.5. The maximum atomic E-state index is 10.4. The SMILES string of the molecule is Cc1cc(CC(c2ccc(C(C)(C)c3cc(C)c(O)c(C)c3)cc2)c2cc(C)c(O)c(C)c2)cc(C)c1O. The van der Waals surface area contributed by atoms with Gasteiger partial charge in [0.1, 0.15) is 17.2 Å². The molecular weight excluding hydrogens is 468 g/mol. The number of aryl methyl sites for hydroxylation is 6. The fraction of sp³-hybridized carbons (Fsp3) is 0.314. The van der Waals surface area contributed by atoms with Crippen LogP contribution in [0.25, 0.3) is 0 Å². The molecule has 1 atom stereocenters.